The van der Waals surface area contributed by atoms with E-state index in [0.29, 0.717) is 6.42 Å². The van der Waals surface area contributed by atoms with E-state index in [1.807, 2.05) is 0 Å². The van der Waals surface area contributed by atoms with Gasteiger partial charge in [-0.1, -0.05) is 64.2 Å². The molecule has 0 saturated heterocycles. The molecule has 0 rings (SSSR count). The zero-order chi connectivity index (χ0) is 14.4. The molecule has 0 aromatic heterocycles. The van der Waals surface area contributed by atoms with Gasteiger partial charge in [0, 0.05) is 5.88 Å². The molecule has 0 fully saturated rings. The maximum absolute atomic E-state index is 10.5. The average molecular weight is 313 g/mol. The second-order valence-electron chi connectivity index (χ2n) is 5.22. The highest BCUT2D eigenvalue weighted by Gasteiger charge is 2.02. The van der Waals surface area contributed by atoms with Crippen LogP contribution in [0.1, 0.15) is 77.0 Å². The van der Waals surface area contributed by atoms with E-state index >= 15 is 0 Å². The molecule has 0 aliphatic rings. The fourth-order valence-corrected chi connectivity index (χ4v) is 2.90. The Labute approximate surface area is 123 Å². The zero-order valence-electron chi connectivity index (χ0n) is 11.9. The monoisotopic (exact) mass is 312 g/mol. The highest BCUT2D eigenvalue weighted by molar-refractivity contribution is 7.85. The van der Waals surface area contributed by atoms with Crippen molar-refractivity contribution in [2.24, 2.45) is 0 Å². The highest BCUT2D eigenvalue weighted by Crippen LogP contribution is 2.12. The van der Waals surface area contributed by atoms with Crippen LogP contribution in [0, 0.1) is 0 Å². The van der Waals surface area contributed by atoms with Crippen LogP contribution in [0.5, 0.6) is 0 Å². The van der Waals surface area contributed by atoms with E-state index in [1.54, 1.807) is 0 Å². The first kappa shape index (κ1) is 19.2. The van der Waals surface area contributed by atoms with Gasteiger partial charge >= 0.3 is 0 Å². The molecule has 0 saturated carbocycles. The van der Waals surface area contributed by atoms with E-state index in [4.69, 9.17) is 16.2 Å². The Hall–Kier alpha value is 0.200. The van der Waals surface area contributed by atoms with Crippen molar-refractivity contribution in [3.63, 3.8) is 0 Å². The van der Waals surface area contributed by atoms with Crippen molar-refractivity contribution >= 4 is 21.7 Å². The van der Waals surface area contributed by atoms with Gasteiger partial charge in [0.2, 0.25) is 0 Å². The lowest BCUT2D eigenvalue weighted by Gasteiger charge is -2.02. The Morgan fingerprint density at radius 2 is 0.947 bits per heavy atom. The molecule has 0 unspecified atom stereocenters. The van der Waals surface area contributed by atoms with E-state index < -0.39 is 10.1 Å². The minimum atomic E-state index is -3.75. The summed E-state index contributed by atoms with van der Waals surface area (Å²) in [6.45, 7) is 0. The summed E-state index contributed by atoms with van der Waals surface area (Å²) in [5.41, 5.74) is 0. The van der Waals surface area contributed by atoms with Crippen molar-refractivity contribution < 1.29 is 13.0 Å². The van der Waals surface area contributed by atoms with Crippen LogP contribution in [0.3, 0.4) is 0 Å². The van der Waals surface area contributed by atoms with Gasteiger partial charge in [-0.05, 0) is 12.8 Å². The van der Waals surface area contributed by atoms with Crippen LogP contribution in [-0.4, -0.2) is 24.6 Å². The lowest BCUT2D eigenvalue weighted by Crippen LogP contribution is -2.03. The fourth-order valence-electron chi connectivity index (χ4n) is 2.15. The smallest absolute Gasteiger partial charge is 0.264 e. The molecular weight excluding hydrogens is 284 g/mol. The van der Waals surface area contributed by atoms with Crippen molar-refractivity contribution in [1.29, 1.82) is 0 Å². The first-order valence-corrected chi connectivity index (χ1v) is 9.72. The minimum Gasteiger partial charge on any atom is -0.286 e. The molecule has 1 N–H and O–H groups in total. The summed E-state index contributed by atoms with van der Waals surface area (Å²) in [4.78, 5) is 0. The van der Waals surface area contributed by atoms with Crippen molar-refractivity contribution in [3.05, 3.63) is 0 Å². The van der Waals surface area contributed by atoms with Crippen LogP contribution in [-0.2, 0) is 10.1 Å². The van der Waals surface area contributed by atoms with Crippen LogP contribution in [0.2, 0.25) is 0 Å². The van der Waals surface area contributed by atoms with Gasteiger partial charge in [-0.3, -0.25) is 4.55 Å². The summed E-state index contributed by atoms with van der Waals surface area (Å²) >= 11 is 5.61. The molecule has 0 radical (unpaired) electrons. The molecule has 0 bridgehead atoms. The lowest BCUT2D eigenvalue weighted by atomic mass is 10.1. The van der Waals surface area contributed by atoms with Crippen LogP contribution < -0.4 is 0 Å². The standard InChI is InChI=1S/C14H29ClO3S/c15-13-11-9-7-5-3-1-2-4-6-8-10-12-14-19(16,17)18/h1-14H2,(H,16,17,18). The predicted molar refractivity (Wildman–Crippen MR) is 82.5 cm³/mol. The fraction of sp³-hybridized carbons (Fsp3) is 1.00. The Kier molecular flexibility index (Phi) is 13.3. The van der Waals surface area contributed by atoms with E-state index in [-0.39, 0.29) is 5.75 Å². The van der Waals surface area contributed by atoms with E-state index in [1.165, 1.54) is 51.4 Å². The van der Waals surface area contributed by atoms with Crippen molar-refractivity contribution in [2.45, 2.75) is 77.0 Å². The first-order chi connectivity index (χ1) is 9.06. The topological polar surface area (TPSA) is 54.4 Å². The van der Waals surface area contributed by atoms with Crippen molar-refractivity contribution in [2.75, 3.05) is 11.6 Å². The number of alkyl halides is 1. The third-order valence-electron chi connectivity index (χ3n) is 3.29. The van der Waals surface area contributed by atoms with Gasteiger partial charge in [0.05, 0.1) is 5.75 Å². The summed E-state index contributed by atoms with van der Waals surface area (Å²) < 4.78 is 29.5. The molecule has 0 aliphatic carbocycles. The molecule has 5 heteroatoms. The van der Waals surface area contributed by atoms with Crippen molar-refractivity contribution in [3.8, 4) is 0 Å². The summed E-state index contributed by atoms with van der Waals surface area (Å²) in [5, 5.41) is 0. The Balaban J connectivity index is 3.03. The number of hydrogen-bond acceptors (Lipinski definition) is 2. The molecule has 0 aromatic carbocycles. The molecular formula is C14H29ClO3S. The predicted octanol–water partition coefficient (Wildman–Crippen LogP) is 4.79. The summed E-state index contributed by atoms with van der Waals surface area (Å²) in [6, 6.07) is 0. The highest BCUT2D eigenvalue weighted by atomic mass is 35.5. The molecule has 0 atom stereocenters. The Bertz CT molecular complexity index is 278. The molecule has 0 spiro atoms. The molecule has 116 valence electrons. The van der Waals surface area contributed by atoms with Gasteiger partial charge in [0.1, 0.15) is 0 Å². The maximum Gasteiger partial charge on any atom is 0.264 e. The van der Waals surface area contributed by atoms with Gasteiger partial charge in [-0.25, -0.2) is 0 Å². The molecule has 19 heavy (non-hydrogen) atoms. The van der Waals surface area contributed by atoms with Gasteiger partial charge in [-0.15, -0.1) is 11.6 Å². The first-order valence-electron chi connectivity index (χ1n) is 7.57. The van der Waals surface area contributed by atoms with E-state index in [2.05, 4.69) is 0 Å². The maximum atomic E-state index is 10.5. The molecule has 3 nitrogen and oxygen atoms in total. The number of rotatable bonds is 14. The number of hydrogen-bond donors (Lipinski definition) is 1. The zero-order valence-corrected chi connectivity index (χ0v) is 13.5. The third-order valence-corrected chi connectivity index (χ3v) is 4.36. The third kappa shape index (κ3) is 18.2. The summed E-state index contributed by atoms with van der Waals surface area (Å²) in [6.07, 6.45) is 13.9. The number of unbranched alkanes of at least 4 members (excludes halogenated alkanes) is 11. The van der Waals surface area contributed by atoms with Crippen LogP contribution in [0.4, 0.5) is 0 Å². The van der Waals surface area contributed by atoms with Crippen LogP contribution >= 0.6 is 11.6 Å². The average Bonchev–Trinajstić information content (AvgIpc) is 2.34. The van der Waals surface area contributed by atoms with Crippen LogP contribution in [0.25, 0.3) is 0 Å². The summed E-state index contributed by atoms with van der Waals surface area (Å²) in [5.74, 6) is 0.701. The lowest BCUT2D eigenvalue weighted by molar-refractivity contribution is 0.478. The minimum absolute atomic E-state index is 0.0880. The van der Waals surface area contributed by atoms with Crippen LogP contribution in [0.15, 0.2) is 0 Å². The van der Waals surface area contributed by atoms with Gasteiger partial charge in [0.25, 0.3) is 10.1 Å². The molecule has 0 aromatic rings. The Morgan fingerprint density at radius 3 is 1.26 bits per heavy atom. The van der Waals surface area contributed by atoms with Gasteiger partial charge in [-0.2, -0.15) is 8.42 Å². The SMILES string of the molecule is O=S(=O)(O)CCCCCCCCCCCCCCCl. The normalized spacial score (nSPS) is 11.9. The van der Waals surface area contributed by atoms with E-state index in [9.17, 15) is 8.42 Å². The number of halogens is 1. The molecule has 0 heterocycles. The van der Waals surface area contributed by atoms with Gasteiger partial charge in [0.15, 0.2) is 0 Å². The Morgan fingerprint density at radius 1 is 0.632 bits per heavy atom. The quantitative estimate of drug-likeness (QED) is 0.285. The molecule has 0 amide bonds. The second kappa shape index (κ2) is 13.2. The summed E-state index contributed by atoms with van der Waals surface area (Å²) in [7, 11) is -3.75. The van der Waals surface area contributed by atoms with Crippen molar-refractivity contribution in [1.82, 2.24) is 0 Å². The second-order valence-corrected chi connectivity index (χ2v) is 7.17. The van der Waals surface area contributed by atoms with Gasteiger partial charge < -0.3 is 0 Å². The largest absolute Gasteiger partial charge is 0.286 e. The molecule has 0 aliphatic heterocycles. The van der Waals surface area contributed by atoms with E-state index in [0.717, 1.165) is 25.1 Å².